The summed E-state index contributed by atoms with van der Waals surface area (Å²) < 4.78 is 9.22. The zero-order valence-electron chi connectivity index (χ0n) is 44.2. The van der Waals surface area contributed by atoms with Crippen molar-refractivity contribution < 1.29 is 25.8 Å². The van der Waals surface area contributed by atoms with Gasteiger partial charge in [0.25, 0.3) is 0 Å². The fraction of sp³-hybridized carbons (Fsp3) is 0.273. The molecule has 370 valence electrons. The number of aromatic nitrogens is 2. The Kier molecular flexibility index (Phi) is 13.0. The van der Waals surface area contributed by atoms with Gasteiger partial charge in [0, 0.05) is 72.2 Å². The van der Waals surface area contributed by atoms with Crippen LogP contribution >= 0.6 is 0 Å². The van der Waals surface area contributed by atoms with Crippen LogP contribution in [0.5, 0.6) is 11.5 Å². The van der Waals surface area contributed by atoms with Crippen molar-refractivity contribution in [2.45, 2.75) is 117 Å². The van der Waals surface area contributed by atoms with Gasteiger partial charge in [-0.15, -0.1) is 53.6 Å². The number of pyridine rings is 1. The molecule has 0 saturated carbocycles. The molecule has 0 bridgehead atoms. The third-order valence-electron chi connectivity index (χ3n) is 14.8. The van der Waals surface area contributed by atoms with Crippen molar-refractivity contribution in [1.82, 2.24) is 9.55 Å². The normalized spacial score (nSPS) is 13.4. The van der Waals surface area contributed by atoms with Crippen LogP contribution < -0.4 is 14.5 Å². The predicted octanol–water partition coefficient (Wildman–Crippen LogP) is 17.5. The molecule has 7 aromatic carbocycles. The Morgan fingerprint density at radius 2 is 1.01 bits per heavy atom. The number of anilines is 4. The third-order valence-corrected chi connectivity index (χ3v) is 14.8. The number of rotatable bonds is 9. The summed E-state index contributed by atoms with van der Waals surface area (Å²) >= 11 is 0. The van der Waals surface area contributed by atoms with Gasteiger partial charge in [-0.25, -0.2) is 4.98 Å². The molecule has 0 spiro atoms. The number of para-hydroxylation sites is 2. The number of hydrogen-bond donors (Lipinski definition) is 0. The Hall–Kier alpha value is -6.42. The summed E-state index contributed by atoms with van der Waals surface area (Å²) in [5.41, 5.74) is 14.1. The Balaban J connectivity index is 0.00000640. The van der Waals surface area contributed by atoms with E-state index in [2.05, 4.69) is 275 Å². The summed E-state index contributed by atoms with van der Waals surface area (Å²) in [4.78, 5) is 9.60. The minimum absolute atomic E-state index is 0. The molecule has 0 radical (unpaired) electrons. The van der Waals surface area contributed by atoms with Crippen molar-refractivity contribution in [1.29, 1.82) is 0 Å². The zero-order valence-corrected chi connectivity index (χ0v) is 46.5. The van der Waals surface area contributed by atoms with E-state index in [0.29, 0.717) is 11.5 Å². The molecule has 0 unspecified atom stereocenters. The van der Waals surface area contributed by atoms with Gasteiger partial charge in [0.1, 0.15) is 5.82 Å². The molecule has 1 aliphatic heterocycles. The van der Waals surface area contributed by atoms with E-state index in [1.165, 1.54) is 33.4 Å². The summed E-state index contributed by atoms with van der Waals surface area (Å²) in [6.45, 7) is 31.9. The Bertz CT molecular complexity index is 3440. The minimum atomic E-state index is -0.221. The zero-order chi connectivity index (χ0) is 50.3. The van der Waals surface area contributed by atoms with Gasteiger partial charge in [0.2, 0.25) is 0 Å². The van der Waals surface area contributed by atoms with Gasteiger partial charge in [0.15, 0.2) is 0 Å². The second kappa shape index (κ2) is 18.6. The molecule has 2 aromatic heterocycles. The standard InChI is InChI=1S/C66H67N4O.Pt/c1-62(2,3)46-32-33-67-61(40-46)70-57-31-28-47(65(10,11)44-22-16-14-17-23-44)39-56(57)55-30-29-53(42-60(55)70)71-54-38-49(64(7,8)9)36-52(41-54)69-43-68(58-26-20-21-27-59(58)69)51-35-48(63(4,5)6)34-50(37-51)66(12,13)45-24-18-15-19-25-45;/h14-40,43H,1-13H3;/q-3;. The first-order valence-corrected chi connectivity index (χ1v) is 25.1. The van der Waals surface area contributed by atoms with Crippen molar-refractivity contribution in [3.05, 3.63) is 222 Å². The van der Waals surface area contributed by atoms with Crippen LogP contribution in [0.2, 0.25) is 0 Å². The molecule has 9 aromatic rings. The van der Waals surface area contributed by atoms with E-state index in [4.69, 9.17) is 9.72 Å². The third kappa shape index (κ3) is 9.42. The number of hydrogen-bond acceptors (Lipinski definition) is 4. The summed E-state index contributed by atoms with van der Waals surface area (Å²) in [5, 5.41) is 2.23. The Morgan fingerprint density at radius 1 is 0.444 bits per heavy atom. The molecular formula is C66H67N4OPt-3. The first kappa shape index (κ1) is 50.5. The van der Waals surface area contributed by atoms with Crippen LogP contribution in [-0.2, 0) is 48.1 Å². The monoisotopic (exact) mass is 1130 g/mol. The molecule has 6 heteroatoms. The fourth-order valence-electron chi connectivity index (χ4n) is 9.98. The van der Waals surface area contributed by atoms with E-state index >= 15 is 0 Å². The summed E-state index contributed by atoms with van der Waals surface area (Å²) in [6, 6.07) is 64.7. The first-order chi connectivity index (χ1) is 33.6. The molecule has 3 heterocycles. The molecule has 1 aliphatic rings. The van der Waals surface area contributed by atoms with Crippen LogP contribution in [0.15, 0.2) is 164 Å². The topological polar surface area (TPSA) is 33.5 Å². The molecule has 72 heavy (non-hydrogen) atoms. The van der Waals surface area contributed by atoms with E-state index in [9.17, 15) is 0 Å². The molecule has 0 fully saturated rings. The SMILES string of the molecule is CC(C)(C)c1cc(Oc2[c-]c3c(cc2)c2cc(C(C)(C)c4ccccc4)ccc2n3-c2cc(C(C)(C)C)ccn2)[c-]c(N2[CH-]N(c3cc(C(C)(C)C)cc(C(C)(C)c4ccccc4)c3)c3ccccc32)c1.[Pt]. The summed E-state index contributed by atoms with van der Waals surface area (Å²) in [5.74, 6) is 2.07. The number of fused-ring (bicyclic) bond motifs is 4. The molecule has 0 N–H and O–H groups in total. The Labute approximate surface area is 443 Å². The van der Waals surface area contributed by atoms with E-state index in [1.807, 2.05) is 12.3 Å². The van der Waals surface area contributed by atoms with Crippen molar-refractivity contribution in [3.63, 3.8) is 0 Å². The number of ether oxygens (including phenoxy) is 1. The van der Waals surface area contributed by atoms with E-state index in [0.717, 1.165) is 55.9 Å². The van der Waals surface area contributed by atoms with Gasteiger partial charge in [0.05, 0.1) is 0 Å². The van der Waals surface area contributed by atoms with Crippen LogP contribution in [0, 0.1) is 18.8 Å². The molecule has 0 amide bonds. The Morgan fingerprint density at radius 3 is 1.64 bits per heavy atom. The second-order valence-electron chi connectivity index (χ2n) is 23.6. The van der Waals surface area contributed by atoms with Gasteiger partial charge in [-0.05, 0) is 97.5 Å². The predicted molar refractivity (Wildman–Crippen MR) is 297 cm³/mol. The van der Waals surface area contributed by atoms with E-state index < -0.39 is 0 Å². The van der Waals surface area contributed by atoms with Gasteiger partial charge < -0.3 is 19.1 Å². The second-order valence-corrected chi connectivity index (χ2v) is 23.6. The molecular weight excluding hydrogens is 1060 g/mol. The smallest absolute Gasteiger partial charge is 0.135 e. The van der Waals surface area contributed by atoms with E-state index in [1.54, 1.807) is 0 Å². The molecule has 0 saturated heterocycles. The maximum atomic E-state index is 6.97. The average Bonchev–Trinajstić information content (AvgIpc) is 3.89. The molecule has 0 atom stereocenters. The van der Waals surface area contributed by atoms with Gasteiger partial charge in [-0.1, -0.05) is 187 Å². The van der Waals surface area contributed by atoms with Crippen LogP contribution in [-0.4, -0.2) is 9.55 Å². The first-order valence-electron chi connectivity index (χ1n) is 25.1. The maximum Gasteiger partial charge on any atom is 0.135 e. The molecule has 5 nitrogen and oxygen atoms in total. The number of nitrogens with zero attached hydrogens (tertiary/aromatic N) is 4. The van der Waals surface area contributed by atoms with Crippen LogP contribution in [0.3, 0.4) is 0 Å². The summed E-state index contributed by atoms with van der Waals surface area (Å²) in [6.07, 6.45) is 1.93. The maximum absolute atomic E-state index is 6.97. The largest absolute Gasteiger partial charge is 0.509 e. The number of benzene rings is 7. The van der Waals surface area contributed by atoms with Gasteiger partial charge >= 0.3 is 0 Å². The van der Waals surface area contributed by atoms with Crippen LogP contribution in [0.4, 0.5) is 22.7 Å². The van der Waals surface area contributed by atoms with Crippen molar-refractivity contribution in [3.8, 4) is 17.3 Å². The minimum Gasteiger partial charge on any atom is -0.509 e. The fourth-order valence-corrected chi connectivity index (χ4v) is 9.98. The van der Waals surface area contributed by atoms with Crippen LogP contribution in [0.1, 0.15) is 129 Å². The molecule has 10 rings (SSSR count). The van der Waals surface area contributed by atoms with Gasteiger partial charge in [-0.3, -0.25) is 0 Å². The summed E-state index contributed by atoms with van der Waals surface area (Å²) in [7, 11) is 0. The van der Waals surface area contributed by atoms with E-state index in [-0.39, 0.29) is 48.1 Å². The van der Waals surface area contributed by atoms with Crippen molar-refractivity contribution in [2.75, 3.05) is 9.80 Å². The molecule has 0 aliphatic carbocycles. The van der Waals surface area contributed by atoms with Crippen molar-refractivity contribution >= 4 is 44.6 Å². The van der Waals surface area contributed by atoms with Crippen LogP contribution in [0.25, 0.3) is 27.6 Å². The quantitative estimate of drug-likeness (QED) is 0.135. The van der Waals surface area contributed by atoms with Crippen molar-refractivity contribution in [2.24, 2.45) is 0 Å². The van der Waals surface area contributed by atoms with Gasteiger partial charge in [-0.2, -0.15) is 6.07 Å². The average molecular weight is 1130 g/mol.